The molecule has 0 aliphatic rings. The molecule has 0 aliphatic carbocycles. The monoisotopic (exact) mass is 624 g/mol. The fraction of sp³-hybridized carbons (Fsp3) is 0.950. The van der Waals surface area contributed by atoms with Crippen molar-refractivity contribution < 1.29 is 14.7 Å². The highest BCUT2D eigenvalue weighted by molar-refractivity contribution is 5.73. The topological polar surface area (TPSA) is 80.4 Å². The van der Waals surface area contributed by atoms with Gasteiger partial charge in [0.2, 0.25) is 5.91 Å². The molecular weight excluding hydrogens is 542 g/mol. The van der Waals surface area contributed by atoms with Gasteiger partial charge in [-0.2, -0.15) is 0 Å². The summed E-state index contributed by atoms with van der Waals surface area (Å²) >= 11 is 0. The zero-order valence-electron chi connectivity index (χ0n) is 30.8. The maximum Gasteiger partial charge on any atom is 0.303 e. The molecule has 4 nitrogen and oxygen atoms in total. The summed E-state index contributed by atoms with van der Waals surface area (Å²) in [7, 11) is 0. The lowest BCUT2D eigenvalue weighted by Gasteiger charge is -2.30. The maximum atomic E-state index is 10.8. The van der Waals surface area contributed by atoms with Crippen LogP contribution in [0.2, 0.25) is 0 Å². The van der Waals surface area contributed by atoms with Crippen molar-refractivity contribution in [3.05, 3.63) is 0 Å². The van der Waals surface area contributed by atoms with Crippen LogP contribution in [0, 0.1) is 11.3 Å². The van der Waals surface area contributed by atoms with Gasteiger partial charge in [0.1, 0.15) is 0 Å². The van der Waals surface area contributed by atoms with Crippen molar-refractivity contribution in [1.82, 2.24) is 0 Å². The fourth-order valence-electron chi connectivity index (χ4n) is 6.21. The van der Waals surface area contributed by atoms with Crippen LogP contribution < -0.4 is 5.73 Å². The minimum absolute atomic E-state index is 0.153. The number of unbranched alkanes of at least 4 members (excludes halogenated alkanes) is 25. The van der Waals surface area contributed by atoms with Gasteiger partial charge in [-0.05, 0) is 30.6 Å². The van der Waals surface area contributed by atoms with Crippen molar-refractivity contribution in [2.75, 3.05) is 0 Å². The van der Waals surface area contributed by atoms with E-state index in [1.807, 2.05) is 0 Å². The van der Waals surface area contributed by atoms with E-state index < -0.39 is 5.97 Å². The zero-order chi connectivity index (χ0) is 33.2. The standard InChI is InChI=1S/C22H44O2.C18H37NO/c1-5-6-7-8-9-10-11-12-13-14-15-16-17-20(22(2,3)4)18-19-21(23)24;1-2-3-4-5-6-7-8-9-10-11-12-13-14-15-16-17-18(19)20/h20H,5-19H2,1-4H3,(H,23,24);2-17H2,1H3,(H2,19,20). The second-order valence-electron chi connectivity index (χ2n) is 14.8. The number of carbonyl (C=O) groups is 2. The third-order valence-electron chi connectivity index (χ3n) is 9.36. The molecule has 1 atom stereocenters. The number of hydrogen-bond donors (Lipinski definition) is 2. The number of carboxylic acids is 1. The summed E-state index contributed by atoms with van der Waals surface area (Å²) in [6.07, 6.45) is 39.8. The van der Waals surface area contributed by atoms with E-state index in [0.29, 0.717) is 18.8 Å². The third kappa shape index (κ3) is 39.0. The van der Waals surface area contributed by atoms with Crippen molar-refractivity contribution in [2.24, 2.45) is 17.1 Å². The van der Waals surface area contributed by atoms with Gasteiger partial charge < -0.3 is 10.8 Å². The van der Waals surface area contributed by atoms with Gasteiger partial charge in [0.25, 0.3) is 0 Å². The minimum Gasteiger partial charge on any atom is -0.481 e. The van der Waals surface area contributed by atoms with Gasteiger partial charge in [-0.3, -0.25) is 9.59 Å². The van der Waals surface area contributed by atoms with Crippen LogP contribution in [0.1, 0.15) is 234 Å². The van der Waals surface area contributed by atoms with E-state index in [4.69, 9.17) is 10.8 Å². The Morgan fingerprint density at radius 1 is 0.477 bits per heavy atom. The molecule has 0 aromatic carbocycles. The van der Waals surface area contributed by atoms with Crippen LogP contribution in [0.15, 0.2) is 0 Å². The van der Waals surface area contributed by atoms with E-state index in [1.54, 1.807) is 0 Å². The van der Waals surface area contributed by atoms with E-state index >= 15 is 0 Å². The molecule has 0 rings (SSSR count). The highest BCUT2D eigenvalue weighted by atomic mass is 16.4. The molecule has 4 heteroatoms. The Hall–Kier alpha value is -1.06. The molecule has 0 saturated heterocycles. The minimum atomic E-state index is -0.654. The second-order valence-corrected chi connectivity index (χ2v) is 14.8. The van der Waals surface area contributed by atoms with Crippen LogP contribution in [0.3, 0.4) is 0 Å². The number of carbonyl (C=O) groups excluding carboxylic acids is 1. The van der Waals surface area contributed by atoms with Crippen molar-refractivity contribution in [2.45, 2.75) is 234 Å². The molecule has 0 saturated carbocycles. The predicted molar refractivity (Wildman–Crippen MR) is 194 cm³/mol. The Morgan fingerprint density at radius 3 is 1.05 bits per heavy atom. The molecule has 0 aromatic rings. The van der Waals surface area contributed by atoms with Crippen molar-refractivity contribution >= 4 is 11.9 Å². The second kappa shape index (κ2) is 34.8. The Morgan fingerprint density at radius 2 is 0.773 bits per heavy atom. The number of hydrogen-bond acceptors (Lipinski definition) is 2. The first kappa shape index (κ1) is 45.1. The van der Waals surface area contributed by atoms with Crippen LogP contribution in [-0.4, -0.2) is 17.0 Å². The molecule has 3 N–H and O–H groups in total. The van der Waals surface area contributed by atoms with E-state index in [2.05, 4.69) is 34.6 Å². The molecule has 0 bridgehead atoms. The van der Waals surface area contributed by atoms with Crippen molar-refractivity contribution in [1.29, 1.82) is 0 Å². The Bertz CT molecular complexity index is 598. The molecule has 1 amide bonds. The van der Waals surface area contributed by atoms with Crippen LogP contribution in [0.5, 0.6) is 0 Å². The summed E-state index contributed by atoms with van der Waals surface area (Å²) in [5, 5.41) is 8.90. The maximum absolute atomic E-state index is 10.8. The largest absolute Gasteiger partial charge is 0.481 e. The van der Waals surface area contributed by atoms with Crippen LogP contribution >= 0.6 is 0 Å². The van der Waals surface area contributed by atoms with Gasteiger partial charge in [-0.1, -0.05) is 202 Å². The molecule has 1 unspecified atom stereocenters. The molecular formula is C40H81NO3. The van der Waals surface area contributed by atoms with Gasteiger partial charge in [-0.15, -0.1) is 0 Å². The molecule has 0 heterocycles. The first-order valence-corrected chi connectivity index (χ1v) is 19.6. The van der Waals surface area contributed by atoms with Gasteiger partial charge in [0, 0.05) is 12.8 Å². The van der Waals surface area contributed by atoms with Gasteiger partial charge in [0.15, 0.2) is 0 Å². The highest BCUT2D eigenvalue weighted by Gasteiger charge is 2.24. The Balaban J connectivity index is 0. The number of rotatable bonds is 32. The molecule has 0 fully saturated rings. The summed E-state index contributed by atoms with van der Waals surface area (Å²) in [4.78, 5) is 21.4. The number of nitrogens with two attached hydrogens (primary N) is 1. The van der Waals surface area contributed by atoms with E-state index in [1.165, 1.54) is 173 Å². The lowest BCUT2D eigenvalue weighted by atomic mass is 9.75. The molecule has 0 spiro atoms. The summed E-state index contributed by atoms with van der Waals surface area (Å²) < 4.78 is 0. The van der Waals surface area contributed by atoms with Gasteiger partial charge >= 0.3 is 5.97 Å². The summed E-state index contributed by atoms with van der Waals surface area (Å²) in [5.74, 6) is -0.268. The number of amides is 1. The predicted octanol–water partition coefficient (Wildman–Crippen LogP) is 13.3. The molecule has 0 aromatic heterocycles. The number of carboxylic acid groups (broad SMARTS) is 1. The average Bonchev–Trinajstić information content (AvgIpc) is 2.96. The SMILES string of the molecule is CCCCCCCCCCCCCCC(CCC(=O)O)C(C)(C)C.CCCCCCCCCCCCCCCCCC(N)=O. The Kier molecular flexibility index (Phi) is 35.6. The van der Waals surface area contributed by atoms with E-state index in [9.17, 15) is 9.59 Å². The van der Waals surface area contributed by atoms with Gasteiger partial charge in [-0.25, -0.2) is 0 Å². The smallest absolute Gasteiger partial charge is 0.303 e. The average molecular weight is 624 g/mol. The third-order valence-corrected chi connectivity index (χ3v) is 9.36. The van der Waals surface area contributed by atoms with Crippen molar-refractivity contribution in [3.63, 3.8) is 0 Å². The number of aliphatic carboxylic acids is 1. The Labute approximate surface area is 276 Å². The first-order chi connectivity index (χ1) is 21.1. The lowest BCUT2D eigenvalue weighted by molar-refractivity contribution is -0.137. The number of primary amides is 1. The van der Waals surface area contributed by atoms with E-state index in [0.717, 1.165) is 12.8 Å². The normalized spacial score (nSPS) is 12.1. The highest BCUT2D eigenvalue weighted by Crippen LogP contribution is 2.34. The van der Waals surface area contributed by atoms with Crippen molar-refractivity contribution in [3.8, 4) is 0 Å². The molecule has 44 heavy (non-hydrogen) atoms. The molecule has 264 valence electrons. The lowest BCUT2D eigenvalue weighted by Crippen LogP contribution is -2.21. The van der Waals surface area contributed by atoms with E-state index in [-0.39, 0.29) is 11.3 Å². The molecule has 0 radical (unpaired) electrons. The van der Waals surface area contributed by atoms with Crippen LogP contribution in [-0.2, 0) is 9.59 Å². The summed E-state index contributed by atoms with van der Waals surface area (Å²) in [6.45, 7) is 11.3. The van der Waals surface area contributed by atoms with Crippen LogP contribution in [0.4, 0.5) is 0 Å². The summed E-state index contributed by atoms with van der Waals surface area (Å²) in [5.41, 5.74) is 5.34. The zero-order valence-corrected chi connectivity index (χ0v) is 30.8. The van der Waals surface area contributed by atoms with Crippen LogP contribution in [0.25, 0.3) is 0 Å². The molecule has 0 aliphatic heterocycles. The first-order valence-electron chi connectivity index (χ1n) is 19.6. The fourth-order valence-corrected chi connectivity index (χ4v) is 6.21. The summed E-state index contributed by atoms with van der Waals surface area (Å²) in [6, 6.07) is 0. The quantitative estimate of drug-likeness (QED) is 0.0731. The van der Waals surface area contributed by atoms with Gasteiger partial charge in [0.05, 0.1) is 0 Å².